The SMILES string of the molecule is CC(C)(CCO)CNc1nccnc1Cl. The van der Waals surface area contributed by atoms with E-state index in [0.717, 1.165) is 6.42 Å². The van der Waals surface area contributed by atoms with Gasteiger partial charge in [0.1, 0.15) is 0 Å². The van der Waals surface area contributed by atoms with Gasteiger partial charge in [-0.1, -0.05) is 25.4 Å². The normalized spacial score (nSPS) is 11.5. The van der Waals surface area contributed by atoms with Crippen LogP contribution in [-0.4, -0.2) is 28.2 Å². The zero-order valence-corrected chi connectivity index (χ0v) is 9.75. The van der Waals surface area contributed by atoms with Crippen molar-refractivity contribution in [3.05, 3.63) is 17.5 Å². The van der Waals surface area contributed by atoms with E-state index in [0.29, 0.717) is 17.5 Å². The lowest BCUT2D eigenvalue weighted by molar-refractivity contribution is 0.220. The summed E-state index contributed by atoms with van der Waals surface area (Å²) in [4.78, 5) is 7.99. The summed E-state index contributed by atoms with van der Waals surface area (Å²) in [6, 6.07) is 0. The van der Waals surface area contributed by atoms with Crippen molar-refractivity contribution in [3.63, 3.8) is 0 Å². The zero-order chi connectivity index (χ0) is 11.3. The molecule has 0 aliphatic heterocycles. The molecule has 0 bridgehead atoms. The predicted molar refractivity (Wildman–Crippen MR) is 61.0 cm³/mol. The second kappa shape index (κ2) is 5.28. The molecule has 0 spiro atoms. The highest BCUT2D eigenvalue weighted by Crippen LogP contribution is 2.22. The number of hydrogen-bond donors (Lipinski definition) is 2. The molecule has 0 aliphatic carbocycles. The third-order valence-corrected chi connectivity index (χ3v) is 2.45. The molecule has 0 unspecified atom stereocenters. The first-order chi connectivity index (χ1) is 7.05. The van der Waals surface area contributed by atoms with Crippen LogP contribution in [0.3, 0.4) is 0 Å². The van der Waals surface area contributed by atoms with Crippen LogP contribution in [0.15, 0.2) is 12.4 Å². The van der Waals surface area contributed by atoms with E-state index in [1.807, 2.05) is 0 Å². The summed E-state index contributed by atoms with van der Waals surface area (Å²) in [5, 5.41) is 12.4. The minimum Gasteiger partial charge on any atom is -0.396 e. The topological polar surface area (TPSA) is 58.0 Å². The molecule has 0 amide bonds. The molecule has 1 rings (SSSR count). The highest BCUT2D eigenvalue weighted by atomic mass is 35.5. The molecule has 1 aromatic rings. The van der Waals surface area contributed by atoms with Gasteiger partial charge in [-0.05, 0) is 11.8 Å². The standard InChI is InChI=1S/C10H16ClN3O/c1-10(2,3-6-15)7-14-9-8(11)12-4-5-13-9/h4-5,15H,3,6-7H2,1-2H3,(H,13,14). The van der Waals surface area contributed by atoms with Crippen LogP contribution in [0.5, 0.6) is 0 Å². The van der Waals surface area contributed by atoms with E-state index in [2.05, 4.69) is 29.1 Å². The molecule has 4 nitrogen and oxygen atoms in total. The molecular weight excluding hydrogens is 214 g/mol. The van der Waals surface area contributed by atoms with Crippen molar-refractivity contribution in [2.24, 2.45) is 5.41 Å². The van der Waals surface area contributed by atoms with Crippen LogP contribution in [0.2, 0.25) is 5.15 Å². The first kappa shape index (κ1) is 12.2. The minimum atomic E-state index is 0.00952. The van der Waals surface area contributed by atoms with E-state index in [9.17, 15) is 0 Å². The molecule has 0 aliphatic rings. The van der Waals surface area contributed by atoms with Gasteiger partial charge >= 0.3 is 0 Å². The summed E-state index contributed by atoms with van der Waals surface area (Å²) in [5.74, 6) is 0.588. The van der Waals surface area contributed by atoms with Crippen LogP contribution in [0.4, 0.5) is 5.82 Å². The monoisotopic (exact) mass is 229 g/mol. The fourth-order valence-electron chi connectivity index (χ4n) is 1.15. The highest BCUT2D eigenvalue weighted by Gasteiger charge is 2.17. The molecular formula is C10H16ClN3O. The van der Waals surface area contributed by atoms with Gasteiger partial charge in [-0.3, -0.25) is 0 Å². The van der Waals surface area contributed by atoms with Crippen LogP contribution >= 0.6 is 11.6 Å². The number of halogens is 1. The predicted octanol–water partition coefficient (Wildman–Crippen LogP) is 1.95. The van der Waals surface area contributed by atoms with E-state index < -0.39 is 0 Å². The Hall–Kier alpha value is -0.870. The summed E-state index contributed by atoms with van der Waals surface area (Å²) < 4.78 is 0. The molecule has 0 atom stereocenters. The Labute approximate surface area is 94.7 Å². The van der Waals surface area contributed by atoms with Crippen LogP contribution in [-0.2, 0) is 0 Å². The Kier molecular flexibility index (Phi) is 4.29. The van der Waals surface area contributed by atoms with Crippen molar-refractivity contribution in [1.82, 2.24) is 9.97 Å². The van der Waals surface area contributed by atoms with Crippen molar-refractivity contribution in [2.45, 2.75) is 20.3 Å². The van der Waals surface area contributed by atoms with Gasteiger partial charge in [-0.15, -0.1) is 0 Å². The van der Waals surface area contributed by atoms with Crippen molar-refractivity contribution in [1.29, 1.82) is 0 Å². The Bertz CT molecular complexity index is 317. The molecule has 0 fully saturated rings. The fraction of sp³-hybridized carbons (Fsp3) is 0.600. The van der Waals surface area contributed by atoms with Gasteiger partial charge in [0.2, 0.25) is 0 Å². The highest BCUT2D eigenvalue weighted by molar-refractivity contribution is 6.31. The lowest BCUT2D eigenvalue weighted by Gasteiger charge is -2.24. The summed E-state index contributed by atoms with van der Waals surface area (Å²) >= 11 is 5.84. The molecule has 5 heteroatoms. The molecule has 2 N–H and O–H groups in total. The quantitative estimate of drug-likeness (QED) is 0.811. The Morgan fingerprint density at radius 2 is 2.07 bits per heavy atom. The number of aliphatic hydroxyl groups is 1. The first-order valence-corrected chi connectivity index (χ1v) is 5.24. The van der Waals surface area contributed by atoms with Crippen molar-refractivity contribution >= 4 is 17.4 Å². The summed E-state index contributed by atoms with van der Waals surface area (Å²) in [6.07, 6.45) is 3.87. The Morgan fingerprint density at radius 3 is 2.67 bits per heavy atom. The maximum absolute atomic E-state index is 8.87. The van der Waals surface area contributed by atoms with Crippen LogP contribution in [0.1, 0.15) is 20.3 Å². The van der Waals surface area contributed by atoms with Gasteiger partial charge in [0.25, 0.3) is 0 Å². The molecule has 84 valence electrons. The van der Waals surface area contributed by atoms with E-state index in [4.69, 9.17) is 16.7 Å². The molecule has 0 aromatic carbocycles. The number of nitrogens with zero attached hydrogens (tertiary/aromatic N) is 2. The number of hydrogen-bond acceptors (Lipinski definition) is 4. The lowest BCUT2D eigenvalue weighted by Crippen LogP contribution is -2.24. The number of nitrogens with one attached hydrogen (secondary N) is 1. The Morgan fingerprint density at radius 1 is 1.40 bits per heavy atom. The largest absolute Gasteiger partial charge is 0.396 e. The van der Waals surface area contributed by atoms with Gasteiger partial charge in [-0.2, -0.15) is 0 Å². The van der Waals surface area contributed by atoms with Crippen molar-refractivity contribution in [2.75, 3.05) is 18.5 Å². The van der Waals surface area contributed by atoms with Crippen LogP contribution in [0.25, 0.3) is 0 Å². The summed E-state index contributed by atoms with van der Waals surface area (Å²) in [7, 11) is 0. The molecule has 1 heterocycles. The van der Waals surface area contributed by atoms with E-state index in [1.165, 1.54) is 0 Å². The first-order valence-electron chi connectivity index (χ1n) is 4.86. The summed E-state index contributed by atoms with van der Waals surface area (Å²) in [5.41, 5.74) is 0.00952. The second-order valence-corrected chi connectivity index (χ2v) is 4.55. The van der Waals surface area contributed by atoms with Crippen LogP contribution in [0, 0.1) is 5.41 Å². The maximum Gasteiger partial charge on any atom is 0.171 e. The van der Waals surface area contributed by atoms with E-state index in [1.54, 1.807) is 12.4 Å². The number of anilines is 1. The lowest BCUT2D eigenvalue weighted by atomic mass is 9.90. The molecule has 0 radical (unpaired) electrons. The Balaban J connectivity index is 2.53. The van der Waals surface area contributed by atoms with Gasteiger partial charge in [-0.25, -0.2) is 9.97 Å². The fourth-order valence-corrected chi connectivity index (χ4v) is 1.33. The minimum absolute atomic E-state index is 0.00952. The molecule has 0 saturated heterocycles. The van der Waals surface area contributed by atoms with Crippen molar-refractivity contribution < 1.29 is 5.11 Å². The molecule has 15 heavy (non-hydrogen) atoms. The number of aromatic nitrogens is 2. The van der Waals surface area contributed by atoms with E-state index in [-0.39, 0.29) is 12.0 Å². The third kappa shape index (κ3) is 4.01. The summed E-state index contributed by atoms with van der Waals surface area (Å²) in [6.45, 7) is 5.02. The van der Waals surface area contributed by atoms with E-state index >= 15 is 0 Å². The number of aliphatic hydroxyl groups excluding tert-OH is 1. The van der Waals surface area contributed by atoms with Gasteiger partial charge < -0.3 is 10.4 Å². The van der Waals surface area contributed by atoms with Gasteiger partial charge in [0.15, 0.2) is 11.0 Å². The van der Waals surface area contributed by atoms with Crippen LogP contribution < -0.4 is 5.32 Å². The second-order valence-electron chi connectivity index (χ2n) is 4.19. The average molecular weight is 230 g/mol. The average Bonchev–Trinajstić information content (AvgIpc) is 2.16. The van der Waals surface area contributed by atoms with Crippen molar-refractivity contribution in [3.8, 4) is 0 Å². The molecule has 1 aromatic heterocycles. The maximum atomic E-state index is 8.87. The number of rotatable bonds is 5. The van der Waals surface area contributed by atoms with Gasteiger partial charge in [0, 0.05) is 25.5 Å². The smallest absolute Gasteiger partial charge is 0.171 e. The third-order valence-electron chi connectivity index (χ3n) is 2.18. The van der Waals surface area contributed by atoms with Gasteiger partial charge in [0.05, 0.1) is 0 Å². The zero-order valence-electron chi connectivity index (χ0n) is 9.00. The molecule has 0 saturated carbocycles.